The third-order valence-electron chi connectivity index (χ3n) is 4.75. The number of H-pyrrole nitrogens is 1. The summed E-state index contributed by atoms with van der Waals surface area (Å²) >= 11 is 0. The highest BCUT2D eigenvalue weighted by Crippen LogP contribution is 2.45. The fraction of sp³-hybridized carbons (Fsp3) is 0.333. The molecule has 0 atom stereocenters. The van der Waals surface area contributed by atoms with E-state index in [1.54, 1.807) is 6.07 Å². The van der Waals surface area contributed by atoms with Crippen molar-refractivity contribution in [2.45, 2.75) is 12.8 Å². The van der Waals surface area contributed by atoms with E-state index >= 15 is 0 Å². The smallest absolute Gasteiger partial charge is 0.230 e. The summed E-state index contributed by atoms with van der Waals surface area (Å²) < 4.78 is 11.4. The highest BCUT2D eigenvalue weighted by Gasteiger charge is 2.42. The number of hydrogen-bond acceptors (Lipinski definition) is 10. The number of rotatable bonds is 8. The molecule has 11 heteroatoms. The number of nitrogens with one attached hydrogen (secondary N) is 2. The fourth-order valence-corrected chi connectivity index (χ4v) is 2.75. The highest BCUT2D eigenvalue weighted by molar-refractivity contribution is 5.73. The summed E-state index contributed by atoms with van der Waals surface area (Å²) in [5.41, 5.74) is 7.28. The van der Waals surface area contributed by atoms with Gasteiger partial charge in [0.05, 0.1) is 31.8 Å². The summed E-state index contributed by atoms with van der Waals surface area (Å²) in [6, 6.07) is 3.67. The number of ether oxygens (including phenoxy) is 2. The summed E-state index contributed by atoms with van der Waals surface area (Å²) in [6.45, 7) is 1.06. The molecule has 3 aromatic rings. The van der Waals surface area contributed by atoms with Crippen LogP contribution in [0.15, 0.2) is 24.8 Å². The van der Waals surface area contributed by atoms with Gasteiger partial charge in [-0.3, -0.25) is 5.10 Å². The Morgan fingerprint density at radius 3 is 2.69 bits per heavy atom. The number of hydrogen-bond donors (Lipinski definition) is 3. The van der Waals surface area contributed by atoms with Gasteiger partial charge >= 0.3 is 0 Å². The Morgan fingerprint density at radius 1 is 1.21 bits per heavy atom. The molecular formula is C18H19N9O2. The summed E-state index contributed by atoms with van der Waals surface area (Å²) in [4.78, 5) is 16.5. The first-order valence-corrected chi connectivity index (χ1v) is 8.93. The molecule has 0 saturated heterocycles. The van der Waals surface area contributed by atoms with Gasteiger partial charge < -0.3 is 20.5 Å². The van der Waals surface area contributed by atoms with E-state index in [1.165, 1.54) is 25.8 Å². The number of aromatic amines is 1. The molecule has 1 aliphatic carbocycles. The maximum Gasteiger partial charge on any atom is 0.230 e. The van der Waals surface area contributed by atoms with Crippen molar-refractivity contribution in [1.29, 1.82) is 5.26 Å². The standard InChI is InChI=1S/C18H19N9O2/c1-28-16-15(17(24-10-23-16)29-9-18(8-20)2-3-18)12-4-13(27-26-12)25-14-7-21-11(5-19)6-22-14/h4,6-7,10H,2-3,8-9,20H2,1H3,(H2,22,25,26,27). The van der Waals surface area contributed by atoms with Crippen molar-refractivity contribution in [1.82, 2.24) is 30.1 Å². The first kappa shape index (κ1) is 18.6. The van der Waals surface area contributed by atoms with E-state index in [4.69, 9.17) is 20.5 Å². The molecule has 1 saturated carbocycles. The van der Waals surface area contributed by atoms with Crippen molar-refractivity contribution < 1.29 is 9.47 Å². The Kier molecular flexibility index (Phi) is 4.92. The van der Waals surface area contributed by atoms with E-state index in [9.17, 15) is 0 Å². The van der Waals surface area contributed by atoms with E-state index in [0.29, 0.717) is 47.8 Å². The summed E-state index contributed by atoms with van der Waals surface area (Å²) in [5.74, 6) is 1.70. The Balaban J connectivity index is 1.58. The molecule has 1 fully saturated rings. The molecule has 4 N–H and O–H groups in total. The second-order valence-corrected chi connectivity index (χ2v) is 6.75. The van der Waals surface area contributed by atoms with E-state index in [-0.39, 0.29) is 11.1 Å². The maximum absolute atomic E-state index is 8.80. The predicted octanol–water partition coefficient (Wildman–Crippen LogP) is 1.40. The lowest BCUT2D eigenvalue weighted by Gasteiger charge is -2.15. The summed E-state index contributed by atoms with van der Waals surface area (Å²) in [6.07, 6.45) is 6.31. The van der Waals surface area contributed by atoms with Crippen molar-refractivity contribution >= 4 is 11.6 Å². The van der Waals surface area contributed by atoms with Gasteiger partial charge in [-0.1, -0.05) is 0 Å². The van der Waals surface area contributed by atoms with Crippen molar-refractivity contribution in [3.63, 3.8) is 0 Å². The predicted molar refractivity (Wildman–Crippen MR) is 102 cm³/mol. The number of aromatic nitrogens is 6. The Bertz CT molecular complexity index is 1040. The third kappa shape index (κ3) is 3.92. The average Bonchev–Trinajstić information content (AvgIpc) is 3.42. The zero-order valence-electron chi connectivity index (χ0n) is 15.7. The minimum Gasteiger partial charge on any atom is -0.480 e. The Labute approximate surface area is 166 Å². The second-order valence-electron chi connectivity index (χ2n) is 6.75. The molecule has 4 rings (SSSR count). The van der Waals surface area contributed by atoms with Gasteiger partial charge in [0.15, 0.2) is 11.5 Å². The lowest BCUT2D eigenvalue weighted by Crippen LogP contribution is -2.23. The monoisotopic (exact) mass is 393 g/mol. The van der Waals surface area contributed by atoms with Crippen LogP contribution in [0.5, 0.6) is 11.8 Å². The molecule has 0 radical (unpaired) electrons. The van der Waals surface area contributed by atoms with Crippen molar-refractivity contribution in [3.8, 4) is 29.1 Å². The van der Waals surface area contributed by atoms with Gasteiger partial charge in [0, 0.05) is 18.0 Å². The Hall–Kier alpha value is -3.78. The van der Waals surface area contributed by atoms with E-state index < -0.39 is 0 Å². The second kappa shape index (κ2) is 7.69. The van der Waals surface area contributed by atoms with Crippen molar-refractivity contribution in [2.75, 3.05) is 25.6 Å². The topological polar surface area (TPSA) is 161 Å². The number of nitriles is 1. The molecule has 3 aromatic heterocycles. The van der Waals surface area contributed by atoms with Gasteiger partial charge in [-0.2, -0.15) is 10.4 Å². The van der Waals surface area contributed by atoms with Gasteiger partial charge in [-0.15, -0.1) is 0 Å². The molecule has 0 aliphatic heterocycles. The average molecular weight is 393 g/mol. The van der Waals surface area contributed by atoms with Gasteiger partial charge in [0.25, 0.3) is 0 Å². The normalized spacial score (nSPS) is 14.1. The van der Waals surface area contributed by atoms with Crippen molar-refractivity contribution in [3.05, 3.63) is 30.5 Å². The lowest BCUT2D eigenvalue weighted by molar-refractivity contribution is 0.230. The molecule has 0 aromatic carbocycles. The van der Waals surface area contributed by atoms with Crippen LogP contribution >= 0.6 is 0 Å². The van der Waals surface area contributed by atoms with Crippen LogP contribution in [0.25, 0.3) is 11.3 Å². The van der Waals surface area contributed by atoms with Crippen molar-refractivity contribution in [2.24, 2.45) is 11.1 Å². The molecule has 29 heavy (non-hydrogen) atoms. The number of methoxy groups -OCH3 is 1. The molecule has 11 nitrogen and oxygen atoms in total. The third-order valence-corrected chi connectivity index (χ3v) is 4.75. The van der Waals surface area contributed by atoms with Gasteiger partial charge in [0.1, 0.15) is 23.8 Å². The SMILES string of the molecule is COc1ncnc(OCC2(CN)CC2)c1-c1cc(Nc2cnc(C#N)cn2)n[nH]1. The summed E-state index contributed by atoms with van der Waals surface area (Å²) in [7, 11) is 1.53. The van der Waals surface area contributed by atoms with E-state index in [0.717, 1.165) is 12.8 Å². The zero-order valence-corrected chi connectivity index (χ0v) is 15.7. The van der Waals surface area contributed by atoms with Crippen LogP contribution in [0.3, 0.4) is 0 Å². The van der Waals surface area contributed by atoms with E-state index in [2.05, 4.69) is 35.5 Å². The van der Waals surface area contributed by atoms with Crippen LogP contribution < -0.4 is 20.5 Å². The number of anilines is 2. The zero-order chi connectivity index (χ0) is 20.3. The first-order valence-electron chi connectivity index (χ1n) is 8.93. The maximum atomic E-state index is 8.80. The van der Waals surface area contributed by atoms with E-state index in [1.807, 2.05) is 6.07 Å². The minimum atomic E-state index is 0.0322. The molecule has 0 bridgehead atoms. The molecule has 0 amide bonds. The van der Waals surface area contributed by atoms with Crippen LogP contribution in [0.4, 0.5) is 11.6 Å². The molecule has 1 aliphatic rings. The van der Waals surface area contributed by atoms with Crippen LogP contribution in [-0.4, -0.2) is 50.4 Å². The van der Waals surface area contributed by atoms with Gasteiger partial charge in [-0.25, -0.2) is 19.9 Å². The molecule has 3 heterocycles. The van der Waals surface area contributed by atoms with Crippen LogP contribution in [0.1, 0.15) is 18.5 Å². The lowest BCUT2D eigenvalue weighted by atomic mass is 10.1. The Morgan fingerprint density at radius 2 is 2.03 bits per heavy atom. The molecule has 0 spiro atoms. The minimum absolute atomic E-state index is 0.0322. The number of nitrogens with zero attached hydrogens (tertiary/aromatic N) is 6. The van der Waals surface area contributed by atoms with Gasteiger partial charge in [0.2, 0.25) is 11.8 Å². The molecule has 0 unspecified atom stereocenters. The highest BCUT2D eigenvalue weighted by atomic mass is 16.5. The quantitative estimate of drug-likeness (QED) is 0.510. The van der Waals surface area contributed by atoms with Gasteiger partial charge in [-0.05, 0) is 12.8 Å². The van der Waals surface area contributed by atoms with Crippen LogP contribution in [-0.2, 0) is 0 Å². The van der Waals surface area contributed by atoms with Crippen LogP contribution in [0, 0.1) is 16.7 Å². The summed E-state index contributed by atoms with van der Waals surface area (Å²) in [5, 5.41) is 19.0. The van der Waals surface area contributed by atoms with Crippen LogP contribution in [0.2, 0.25) is 0 Å². The molecular weight excluding hydrogens is 374 g/mol. The first-order chi connectivity index (χ1) is 14.2. The fourth-order valence-electron chi connectivity index (χ4n) is 2.75. The number of nitrogens with two attached hydrogens (primary N) is 1. The largest absolute Gasteiger partial charge is 0.480 e. The molecule has 148 valence electrons.